The zero-order valence-corrected chi connectivity index (χ0v) is 16.3. The molecule has 0 fully saturated rings. The molecule has 0 saturated heterocycles. The van der Waals surface area contributed by atoms with Gasteiger partial charge < -0.3 is 9.90 Å². The van der Waals surface area contributed by atoms with Gasteiger partial charge in [-0.1, -0.05) is 82.3 Å². The van der Waals surface area contributed by atoms with Gasteiger partial charge in [-0.05, 0) is 5.56 Å². The van der Waals surface area contributed by atoms with E-state index in [0.29, 0.717) is 0 Å². The first-order valence-corrected chi connectivity index (χ1v) is 7.07. The minimum absolute atomic E-state index is 0. The van der Waals surface area contributed by atoms with Crippen LogP contribution in [0.15, 0.2) is 24.3 Å². The second-order valence-corrected chi connectivity index (χ2v) is 5.67. The number of benzene rings is 2. The maximum atomic E-state index is 11.2. The van der Waals surface area contributed by atoms with Crippen LogP contribution in [0.4, 0.5) is 0 Å². The summed E-state index contributed by atoms with van der Waals surface area (Å²) in [5.41, 5.74) is 0.376. The number of halogens is 5. The first-order valence-electron chi connectivity index (χ1n) is 5.18. The number of carboxylic acids is 1. The van der Waals surface area contributed by atoms with Gasteiger partial charge in [0, 0.05) is 11.1 Å². The van der Waals surface area contributed by atoms with Crippen LogP contribution < -0.4 is 34.7 Å². The van der Waals surface area contributed by atoms with Crippen molar-refractivity contribution in [3.05, 3.63) is 54.9 Å². The van der Waals surface area contributed by atoms with Crippen LogP contribution in [-0.2, 0) is 0 Å². The Bertz CT molecular complexity index is 689. The van der Waals surface area contributed by atoms with Crippen molar-refractivity contribution in [1.82, 2.24) is 0 Å². The normalized spacial score (nSPS) is 10.1. The Balaban J connectivity index is 0.00000220. The largest absolute Gasteiger partial charge is 1.00 e. The molecule has 0 N–H and O–H groups in total. The Kier molecular flexibility index (Phi) is 7.17. The van der Waals surface area contributed by atoms with Gasteiger partial charge in [-0.15, -0.1) is 0 Å². The second kappa shape index (κ2) is 7.76. The third kappa shape index (κ3) is 3.65. The van der Waals surface area contributed by atoms with E-state index in [0.717, 1.165) is 0 Å². The van der Waals surface area contributed by atoms with E-state index in [1.807, 2.05) is 0 Å². The Morgan fingerprint density at radius 3 is 1.71 bits per heavy atom. The summed E-state index contributed by atoms with van der Waals surface area (Å²) < 4.78 is 0. The molecule has 0 heterocycles. The van der Waals surface area contributed by atoms with Gasteiger partial charge in [0.2, 0.25) is 0 Å². The summed E-state index contributed by atoms with van der Waals surface area (Å²) in [5.74, 6) is -1.37. The van der Waals surface area contributed by atoms with Gasteiger partial charge in [0.1, 0.15) is 0 Å². The van der Waals surface area contributed by atoms with Crippen molar-refractivity contribution in [2.45, 2.75) is 0 Å². The van der Waals surface area contributed by atoms with Crippen molar-refractivity contribution in [3.8, 4) is 11.1 Å². The summed E-state index contributed by atoms with van der Waals surface area (Å²) in [7, 11) is 0. The Morgan fingerprint density at radius 1 is 0.810 bits per heavy atom. The number of carbonyl (C=O) groups excluding carboxylic acids is 1. The number of hydrogen-bond donors (Lipinski definition) is 0. The molecular formula is C13H4Cl5NaO2. The summed E-state index contributed by atoms with van der Waals surface area (Å²) in [6.07, 6.45) is 0. The predicted molar refractivity (Wildman–Crippen MR) is 81.3 cm³/mol. The summed E-state index contributed by atoms with van der Waals surface area (Å²) in [6, 6.07) is 6.08. The SMILES string of the molecule is O=C([O-])c1ccccc1-c1c(Cl)c(Cl)c(Cl)c(Cl)c1Cl.[Na+]. The van der Waals surface area contributed by atoms with Crippen LogP contribution in [0.25, 0.3) is 11.1 Å². The second-order valence-electron chi connectivity index (χ2n) is 3.78. The van der Waals surface area contributed by atoms with Crippen LogP contribution in [0.2, 0.25) is 25.1 Å². The van der Waals surface area contributed by atoms with Crippen molar-refractivity contribution in [2.75, 3.05) is 0 Å². The van der Waals surface area contributed by atoms with Crippen LogP contribution in [-0.4, -0.2) is 5.97 Å². The first-order chi connectivity index (χ1) is 9.36. The number of aromatic carboxylic acids is 1. The molecule has 21 heavy (non-hydrogen) atoms. The molecule has 0 radical (unpaired) electrons. The van der Waals surface area contributed by atoms with E-state index >= 15 is 0 Å². The molecule has 0 amide bonds. The van der Waals surface area contributed by atoms with Crippen molar-refractivity contribution >= 4 is 64.0 Å². The summed E-state index contributed by atoms with van der Waals surface area (Å²) in [5, 5.41) is 11.2. The number of carbonyl (C=O) groups is 1. The smallest absolute Gasteiger partial charge is 0.545 e. The van der Waals surface area contributed by atoms with Crippen LogP contribution in [0.3, 0.4) is 0 Å². The molecule has 0 aromatic heterocycles. The Hall–Kier alpha value is 0.360. The van der Waals surface area contributed by atoms with E-state index in [1.165, 1.54) is 12.1 Å². The standard InChI is InChI=1S/C13H5Cl5O2.Na/c14-8-7(9(15)11(17)12(18)10(8)16)5-3-1-2-4-6(5)13(19)20;/h1-4H,(H,19,20);/q;+1/p-1. The van der Waals surface area contributed by atoms with Gasteiger partial charge in [-0.2, -0.15) is 0 Å². The van der Waals surface area contributed by atoms with Crippen molar-refractivity contribution < 1.29 is 39.5 Å². The summed E-state index contributed by atoms with van der Waals surface area (Å²) in [6.45, 7) is 0. The number of carboxylic acid groups (broad SMARTS) is 1. The van der Waals surface area contributed by atoms with E-state index in [-0.39, 0.29) is 71.4 Å². The molecule has 2 nitrogen and oxygen atoms in total. The molecule has 0 aliphatic carbocycles. The van der Waals surface area contributed by atoms with Gasteiger partial charge in [0.25, 0.3) is 0 Å². The molecule has 0 saturated carbocycles. The molecule has 0 aliphatic rings. The molecule has 0 aliphatic heterocycles. The topological polar surface area (TPSA) is 40.1 Å². The van der Waals surface area contributed by atoms with E-state index in [4.69, 9.17) is 58.0 Å². The zero-order valence-electron chi connectivity index (χ0n) is 10.5. The third-order valence-electron chi connectivity index (χ3n) is 2.63. The molecule has 0 unspecified atom stereocenters. The fourth-order valence-electron chi connectivity index (χ4n) is 1.72. The van der Waals surface area contributed by atoms with Crippen LogP contribution in [0.1, 0.15) is 10.4 Å². The fraction of sp³-hybridized carbons (Fsp3) is 0. The fourth-order valence-corrected chi connectivity index (χ4v) is 3.06. The third-order valence-corrected chi connectivity index (χ3v) is 4.90. The number of hydrogen-bond acceptors (Lipinski definition) is 2. The van der Waals surface area contributed by atoms with E-state index < -0.39 is 5.97 Å². The quantitative estimate of drug-likeness (QED) is 0.446. The minimum Gasteiger partial charge on any atom is -0.545 e. The molecular weight excluding hydrogens is 388 g/mol. The van der Waals surface area contributed by atoms with Gasteiger partial charge in [-0.25, -0.2) is 0 Å². The summed E-state index contributed by atoms with van der Waals surface area (Å²) >= 11 is 30.1. The van der Waals surface area contributed by atoms with Crippen LogP contribution in [0, 0.1) is 0 Å². The molecule has 0 spiro atoms. The van der Waals surface area contributed by atoms with E-state index in [2.05, 4.69) is 0 Å². The van der Waals surface area contributed by atoms with Crippen molar-refractivity contribution in [2.24, 2.45) is 0 Å². The summed E-state index contributed by atoms with van der Waals surface area (Å²) in [4.78, 5) is 11.2. The van der Waals surface area contributed by atoms with Crippen LogP contribution in [0.5, 0.6) is 0 Å². The number of rotatable bonds is 2. The molecule has 2 aromatic rings. The molecule has 8 heteroatoms. The maximum Gasteiger partial charge on any atom is 1.00 e. The maximum absolute atomic E-state index is 11.2. The monoisotopic (exact) mass is 390 g/mol. The Morgan fingerprint density at radius 2 is 1.24 bits per heavy atom. The van der Waals surface area contributed by atoms with Gasteiger partial charge in [-0.3, -0.25) is 0 Å². The van der Waals surface area contributed by atoms with Crippen LogP contribution >= 0.6 is 58.0 Å². The molecule has 0 atom stereocenters. The zero-order chi connectivity index (χ0) is 15.0. The molecule has 104 valence electrons. The molecule has 2 rings (SSSR count). The van der Waals surface area contributed by atoms with Crippen molar-refractivity contribution in [1.29, 1.82) is 0 Å². The van der Waals surface area contributed by atoms with Gasteiger partial charge in [0.15, 0.2) is 0 Å². The Labute approximate surface area is 168 Å². The average Bonchev–Trinajstić information content (AvgIpc) is 2.43. The van der Waals surface area contributed by atoms with Gasteiger partial charge in [0.05, 0.1) is 31.1 Å². The molecule has 2 aromatic carbocycles. The minimum atomic E-state index is -1.37. The van der Waals surface area contributed by atoms with Crippen molar-refractivity contribution in [3.63, 3.8) is 0 Å². The van der Waals surface area contributed by atoms with E-state index in [9.17, 15) is 9.90 Å². The molecule has 0 bridgehead atoms. The van der Waals surface area contributed by atoms with E-state index in [1.54, 1.807) is 12.1 Å². The average molecular weight is 392 g/mol. The predicted octanol–water partition coefficient (Wildman–Crippen LogP) is 1.99. The van der Waals surface area contributed by atoms with Gasteiger partial charge >= 0.3 is 29.6 Å². The first kappa shape index (κ1) is 19.4.